The van der Waals surface area contributed by atoms with Gasteiger partial charge in [-0.2, -0.15) is 0 Å². The molecular weight excluding hydrogens is 246 g/mol. The summed E-state index contributed by atoms with van der Waals surface area (Å²) in [6.45, 7) is 4.46. The first-order chi connectivity index (χ1) is 9.88. The molecule has 0 radical (unpaired) electrons. The molecule has 1 atom stereocenters. The summed E-state index contributed by atoms with van der Waals surface area (Å²) in [6.07, 6.45) is 11.2. The minimum absolute atomic E-state index is 0.673. The Bertz CT molecular complexity index is 428. The van der Waals surface area contributed by atoms with Gasteiger partial charge in [0, 0.05) is 36.9 Å². The lowest BCUT2D eigenvalue weighted by Gasteiger charge is -2.32. The molecule has 1 aliphatic carbocycles. The van der Waals surface area contributed by atoms with E-state index in [1.54, 1.807) is 0 Å². The van der Waals surface area contributed by atoms with Gasteiger partial charge in [-0.15, -0.1) is 0 Å². The number of hydrogen-bond acceptors (Lipinski definition) is 3. The van der Waals surface area contributed by atoms with Gasteiger partial charge in [-0.05, 0) is 38.2 Å². The standard InChI is InChI=1S/C17H27N3/c1-2-16-8-4-3-5-12-20(16)17-14(7-6-11-18-17)13-19-15-9-10-15/h6-7,11,15-16,19H,2-5,8-10,12-13H2,1H3. The highest BCUT2D eigenvalue weighted by atomic mass is 15.2. The SMILES string of the molecule is CCC1CCCCCN1c1ncccc1CNC1CC1. The Kier molecular flexibility index (Phi) is 4.56. The molecule has 2 fully saturated rings. The minimum atomic E-state index is 0.673. The van der Waals surface area contributed by atoms with Crippen LogP contribution in [0.1, 0.15) is 57.4 Å². The van der Waals surface area contributed by atoms with E-state index in [0.29, 0.717) is 6.04 Å². The van der Waals surface area contributed by atoms with Crippen LogP contribution in [-0.4, -0.2) is 23.6 Å². The van der Waals surface area contributed by atoms with E-state index in [4.69, 9.17) is 4.98 Å². The van der Waals surface area contributed by atoms with Crippen molar-refractivity contribution >= 4 is 5.82 Å². The topological polar surface area (TPSA) is 28.2 Å². The van der Waals surface area contributed by atoms with Crippen LogP contribution in [0.3, 0.4) is 0 Å². The summed E-state index contributed by atoms with van der Waals surface area (Å²) in [5.74, 6) is 1.23. The molecule has 20 heavy (non-hydrogen) atoms. The second-order valence-electron chi connectivity index (χ2n) is 6.25. The second kappa shape index (κ2) is 6.57. The number of hydrogen-bond donors (Lipinski definition) is 1. The number of nitrogens with one attached hydrogen (secondary N) is 1. The fourth-order valence-electron chi connectivity index (χ4n) is 3.25. The van der Waals surface area contributed by atoms with Crippen LogP contribution >= 0.6 is 0 Å². The normalized spacial score (nSPS) is 23.6. The lowest BCUT2D eigenvalue weighted by atomic mass is 10.1. The maximum absolute atomic E-state index is 4.73. The average molecular weight is 273 g/mol. The van der Waals surface area contributed by atoms with Crippen molar-refractivity contribution in [2.75, 3.05) is 11.4 Å². The van der Waals surface area contributed by atoms with Crippen molar-refractivity contribution in [2.24, 2.45) is 0 Å². The number of pyridine rings is 1. The van der Waals surface area contributed by atoms with E-state index in [2.05, 4.69) is 29.3 Å². The Morgan fingerprint density at radius 3 is 2.95 bits per heavy atom. The zero-order valence-electron chi connectivity index (χ0n) is 12.6. The van der Waals surface area contributed by atoms with Gasteiger partial charge in [0.05, 0.1) is 0 Å². The number of rotatable bonds is 5. The predicted molar refractivity (Wildman–Crippen MR) is 84.0 cm³/mol. The highest BCUT2D eigenvalue weighted by Gasteiger charge is 2.24. The van der Waals surface area contributed by atoms with Crippen LogP contribution in [0.15, 0.2) is 18.3 Å². The molecule has 0 aromatic carbocycles. The molecule has 3 heteroatoms. The minimum Gasteiger partial charge on any atom is -0.353 e. The molecule has 110 valence electrons. The molecule has 0 bridgehead atoms. The van der Waals surface area contributed by atoms with E-state index in [-0.39, 0.29) is 0 Å². The van der Waals surface area contributed by atoms with Crippen LogP contribution in [0.25, 0.3) is 0 Å². The van der Waals surface area contributed by atoms with Crippen LogP contribution in [0.5, 0.6) is 0 Å². The van der Waals surface area contributed by atoms with Crippen LogP contribution in [0.2, 0.25) is 0 Å². The fourth-order valence-corrected chi connectivity index (χ4v) is 3.25. The van der Waals surface area contributed by atoms with Crippen LogP contribution < -0.4 is 10.2 Å². The lowest BCUT2D eigenvalue weighted by molar-refractivity contribution is 0.549. The third-order valence-corrected chi connectivity index (χ3v) is 4.65. The predicted octanol–water partition coefficient (Wildman–Crippen LogP) is 3.49. The van der Waals surface area contributed by atoms with Gasteiger partial charge in [0.2, 0.25) is 0 Å². The summed E-state index contributed by atoms with van der Waals surface area (Å²) >= 11 is 0. The zero-order valence-corrected chi connectivity index (χ0v) is 12.6. The first-order valence-electron chi connectivity index (χ1n) is 8.32. The molecule has 1 N–H and O–H groups in total. The van der Waals surface area contributed by atoms with Crippen molar-refractivity contribution in [1.29, 1.82) is 0 Å². The molecule has 0 amide bonds. The van der Waals surface area contributed by atoms with Gasteiger partial charge in [-0.1, -0.05) is 25.8 Å². The molecule has 1 unspecified atom stereocenters. The highest BCUT2D eigenvalue weighted by molar-refractivity contribution is 5.48. The summed E-state index contributed by atoms with van der Waals surface area (Å²) in [6, 6.07) is 5.75. The van der Waals surface area contributed by atoms with Gasteiger partial charge >= 0.3 is 0 Å². The highest BCUT2D eigenvalue weighted by Crippen LogP contribution is 2.28. The van der Waals surface area contributed by atoms with Gasteiger partial charge in [0.1, 0.15) is 5.82 Å². The first-order valence-corrected chi connectivity index (χ1v) is 8.32. The number of anilines is 1. The Morgan fingerprint density at radius 1 is 1.25 bits per heavy atom. The fraction of sp³-hybridized carbons (Fsp3) is 0.706. The molecule has 1 aromatic rings. The average Bonchev–Trinajstić information content (AvgIpc) is 3.32. The van der Waals surface area contributed by atoms with E-state index in [0.717, 1.165) is 12.6 Å². The van der Waals surface area contributed by atoms with Crippen LogP contribution in [0, 0.1) is 0 Å². The smallest absolute Gasteiger partial charge is 0.133 e. The first kappa shape index (κ1) is 13.9. The molecule has 3 nitrogen and oxygen atoms in total. The van der Waals surface area contributed by atoms with Gasteiger partial charge in [-0.3, -0.25) is 0 Å². The van der Waals surface area contributed by atoms with E-state index in [9.17, 15) is 0 Å². The van der Waals surface area contributed by atoms with Crippen molar-refractivity contribution in [3.8, 4) is 0 Å². The van der Waals surface area contributed by atoms with Crippen molar-refractivity contribution in [1.82, 2.24) is 10.3 Å². The van der Waals surface area contributed by atoms with Gasteiger partial charge in [-0.25, -0.2) is 4.98 Å². The monoisotopic (exact) mass is 273 g/mol. The summed E-state index contributed by atoms with van der Waals surface area (Å²) < 4.78 is 0. The zero-order chi connectivity index (χ0) is 13.8. The summed E-state index contributed by atoms with van der Waals surface area (Å²) in [4.78, 5) is 7.31. The number of nitrogens with zero attached hydrogens (tertiary/aromatic N) is 2. The van der Waals surface area contributed by atoms with E-state index < -0.39 is 0 Å². The molecular formula is C17H27N3. The quantitative estimate of drug-likeness (QED) is 0.890. The Balaban J connectivity index is 1.78. The molecule has 1 saturated heterocycles. The van der Waals surface area contributed by atoms with E-state index >= 15 is 0 Å². The molecule has 0 spiro atoms. The third kappa shape index (κ3) is 3.32. The van der Waals surface area contributed by atoms with Crippen molar-refractivity contribution in [3.05, 3.63) is 23.9 Å². The molecule has 1 saturated carbocycles. The van der Waals surface area contributed by atoms with Crippen molar-refractivity contribution in [2.45, 2.75) is 70.5 Å². The maximum Gasteiger partial charge on any atom is 0.133 e. The Labute approximate surface area is 122 Å². The van der Waals surface area contributed by atoms with Crippen LogP contribution in [-0.2, 0) is 6.54 Å². The molecule has 3 rings (SSSR count). The van der Waals surface area contributed by atoms with Gasteiger partial charge < -0.3 is 10.2 Å². The summed E-state index contributed by atoms with van der Waals surface area (Å²) in [5.41, 5.74) is 1.37. The van der Waals surface area contributed by atoms with Gasteiger partial charge in [0.25, 0.3) is 0 Å². The van der Waals surface area contributed by atoms with E-state index in [1.165, 1.54) is 62.9 Å². The number of aromatic nitrogens is 1. The maximum atomic E-state index is 4.73. The second-order valence-corrected chi connectivity index (χ2v) is 6.25. The van der Waals surface area contributed by atoms with Crippen molar-refractivity contribution < 1.29 is 0 Å². The molecule has 1 aliphatic heterocycles. The Morgan fingerprint density at radius 2 is 2.15 bits per heavy atom. The van der Waals surface area contributed by atoms with Gasteiger partial charge in [0.15, 0.2) is 0 Å². The largest absolute Gasteiger partial charge is 0.353 e. The van der Waals surface area contributed by atoms with Crippen LogP contribution in [0.4, 0.5) is 5.82 Å². The lowest BCUT2D eigenvalue weighted by Crippen LogP contribution is -2.36. The van der Waals surface area contributed by atoms with Crippen molar-refractivity contribution in [3.63, 3.8) is 0 Å². The Hall–Kier alpha value is -1.09. The molecule has 2 aliphatic rings. The third-order valence-electron chi connectivity index (χ3n) is 4.65. The molecule has 1 aromatic heterocycles. The molecule has 2 heterocycles. The van der Waals surface area contributed by atoms with E-state index in [1.807, 2.05) is 6.20 Å². The summed E-state index contributed by atoms with van der Waals surface area (Å²) in [7, 11) is 0. The summed E-state index contributed by atoms with van der Waals surface area (Å²) in [5, 5.41) is 3.63.